The molecule has 0 amide bonds. The molecule has 0 saturated heterocycles. The Morgan fingerprint density at radius 1 is 1.28 bits per heavy atom. The Morgan fingerprint density at radius 3 is 2.44 bits per heavy atom. The van der Waals surface area contributed by atoms with Crippen molar-refractivity contribution in [1.82, 2.24) is 5.32 Å². The summed E-state index contributed by atoms with van der Waals surface area (Å²) >= 11 is 0. The average Bonchev–Trinajstić information content (AvgIpc) is 2.29. The fourth-order valence-electron chi connectivity index (χ4n) is 2.25. The van der Waals surface area contributed by atoms with Crippen molar-refractivity contribution in [1.29, 1.82) is 0 Å². The Labute approximate surface area is 112 Å². The smallest absolute Gasteiger partial charge is 0.120 e. The molecule has 1 aromatic rings. The van der Waals surface area contributed by atoms with Crippen LogP contribution in [0.15, 0.2) is 24.3 Å². The number of ether oxygens (including phenoxy) is 1. The number of hydrogen-bond acceptors (Lipinski definition) is 2. The topological polar surface area (TPSA) is 21.3 Å². The van der Waals surface area contributed by atoms with Crippen LogP contribution in [0.3, 0.4) is 0 Å². The summed E-state index contributed by atoms with van der Waals surface area (Å²) in [7, 11) is 2.03. The third-order valence-electron chi connectivity index (χ3n) is 3.54. The lowest BCUT2D eigenvalue weighted by Crippen LogP contribution is -2.31. The van der Waals surface area contributed by atoms with Gasteiger partial charge in [0.2, 0.25) is 0 Å². The highest BCUT2D eigenvalue weighted by molar-refractivity contribution is 5.31. The Kier molecular flexibility index (Phi) is 5.21. The summed E-state index contributed by atoms with van der Waals surface area (Å²) in [6.07, 6.45) is 1.35. The van der Waals surface area contributed by atoms with E-state index in [1.54, 1.807) is 0 Å². The molecule has 102 valence electrons. The monoisotopic (exact) mass is 249 g/mol. The zero-order valence-corrected chi connectivity index (χ0v) is 12.6. The first-order chi connectivity index (χ1) is 8.40. The van der Waals surface area contributed by atoms with Gasteiger partial charge in [-0.3, -0.25) is 0 Å². The van der Waals surface area contributed by atoms with E-state index in [4.69, 9.17) is 4.74 Å². The molecule has 0 aliphatic carbocycles. The summed E-state index contributed by atoms with van der Waals surface area (Å²) < 4.78 is 5.77. The Morgan fingerprint density at radius 2 is 1.94 bits per heavy atom. The van der Waals surface area contributed by atoms with Crippen molar-refractivity contribution in [2.45, 2.75) is 53.2 Å². The minimum Gasteiger partial charge on any atom is -0.491 e. The summed E-state index contributed by atoms with van der Waals surface area (Å²) in [5, 5.41) is 3.43. The second-order valence-corrected chi connectivity index (χ2v) is 5.80. The Bertz CT molecular complexity index is 371. The van der Waals surface area contributed by atoms with Gasteiger partial charge in [0.25, 0.3) is 0 Å². The van der Waals surface area contributed by atoms with Crippen molar-refractivity contribution >= 4 is 0 Å². The van der Waals surface area contributed by atoms with Crippen LogP contribution in [0.4, 0.5) is 0 Å². The van der Waals surface area contributed by atoms with E-state index in [2.05, 4.69) is 58.1 Å². The van der Waals surface area contributed by atoms with E-state index in [1.807, 2.05) is 13.1 Å². The first-order valence-corrected chi connectivity index (χ1v) is 6.84. The molecule has 1 aromatic carbocycles. The molecule has 18 heavy (non-hydrogen) atoms. The van der Waals surface area contributed by atoms with Gasteiger partial charge in [-0.15, -0.1) is 0 Å². The molecule has 0 saturated carbocycles. The highest BCUT2D eigenvalue weighted by atomic mass is 16.5. The molecular weight excluding hydrogens is 222 g/mol. The van der Waals surface area contributed by atoms with Gasteiger partial charge in [0.15, 0.2) is 0 Å². The van der Waals surface area contributed by atoms with Crippen LogP contribution in [-0.4, -0.2) is 13.2 Å². The van der Waals surface area contributed by atoms with Crippen LogP contribution in [-0.2, 0) is 0 Å². The molecule has 1 rings (SSSR count). The summed E-state index contributed by atoms with van der Waals surface area (Å²) in [5.41, 5.74) is 1.52. The average molecular weight is 249 g/mol. The number of hydrogen-bond donors (Lipinski definition) is 1. The van der Waals surface area contributed by atoms with Crippen LogP contribution in [0, 0.1) is 5.41 Å². The van der Waals surface area contributed by atoms with E-state index in [9.17, 15) is 0 Å². The molecule has 0 bridgehead atoms. The van der Waals surface area contributed by atoms with Gasteiger partial charge < -0.3 is 10.1 Å². The Hall–Kier alpha value is -1.02. The fraction of sp³-hybridized carbons (Fsp3) is 0.625. The molecule has 1 atom stereocenters. The summed E-state index contributed by atoms with van der Waals surface area (Å²) in [4.78, 5) is 0. The molecule has 2 heteroatoms. The summed E-state index contributed by atoms with van der Waals surface area (Å²) in [6.45, 7) is 10.9. The van der Waals surface area contributed by atoms with Crippen LogP contribution >= 0.6 is 0 Å². The van der Waals surface area contributed by atoms with Gasteiger partial charge in [-0.1, -0.05) is 32.9 Å². The van der Waals surface area contributed by atoms with E-state index < -0.39 is 0 Å². The fourth-order valence-corrected chi connectivity index (χ4v) is 2.25. The number of benzene rings is 1. The molecule has 0 aliphatic rings. The van der Waals surface area contributed by atoms with Crippen molar-refractivity contribution in [3.05, 3.63) is 29.8 Å². The molecule has 0 aromatic heterocycles. The summed E-state index contributed by atoms with van der Waals surface area (Å²) in [5.74, 6) is 0.953. The molecule has 0 aliphatic heterocycles. The normalized spacial score (nSPS) is 13.7. The molecule has 1 N–H and O–H groups in total. The van der Waals surface area contributed by atoms with Gasteiger partial charge >= 0.3 is 0 Å². The maximum Gasteiger partial charge on any atom is 0.120 e. The zero-order chi connectivity index (χ0) is 13.8. The van der Waals surface area contributed by atoms with E-state index in [0.717, 1.165) is 12.2 Å². The minimum atomic E-state index is 0.215. The molecule has 2 nitrogen and oxygen atoms in total. The highest BCUT2D eigenvalue weighted by Gasteiger charge is 2.27. The van der Waals surface area contributed by atoms with E-state index in [1.165, 1.54) is 5.56 Å². The molecule has 0 spiro atoms. The Balaban J connectivity index is 3.00. The van der Waals surface area contributed by atoms with Crippen molar-refractivity contribution in [3.8, 4) is 5.75 Å². The van der Waals surface area contributed by atoms with Gasteiger partial charge in [-0.2, -0.15) is 0 Å². The molecule has 0 heterocycles. The predicted molar refractivity (Wildman–Crippen MR) is 78.1 cm³/mol. The van der Waals surface area contributed by atoms with E-state index >= 15 is 0 Å². The number of nitrogens with one attached hydrogen (secondary N) is 1. The first-order valence-electron chi connectivity index (χ1n) is 6.84. The van der Waals surface area contributed by atoms with Crippen LogP contribution in [0.2, 0.25) is 0 Å². The van der Waals surface area contributed by atoms with Crippen LogP contribution in [0.25, 0.3) is 0 Å². The second kappa shape index (κ2) is 6.24. The minimum absolute atomic E-state index is 0.215. The van der Waals surface area contributed by atoms with Crippen molar-refractivity contribution in [3.63, 3.8) is 0 Å². The molecule has 0 radical (unpaired) electrons. The SMILES string of the molecule is CCC(C)(C)C(NC)c1cccc(OC(C)C)c1. The van der Waals surface area contributed by atoms with Crippen molar-refractivity contribution < 1.29 is 4.74 Å². The maximum absolute atomic E-state index is 5.77. The maximum atomic E-state index is 5.77. The molecular formula is C16H27NO. The highest BCUT2D eigenvalue weighted by Crippen LogP contribution is 2.36. The van der Waals surface area contributed by atoms with Crippen molar-refractivity contribution in [2.24, 2.45) is 5.41 Å². The molecule has 0 fully saturated rings. The van der Waals surface area contributed by atoms with Gasteiger partial charge in [0.1, 0.15) is 5.75 Å². The lowest BCUT2D eigenvalue weighted by atomic mass is 9.78. The quantitative estimate of drug-likeness (QED) is 0.817. The van der Waals surface area contributed by atoms with Gasteiger partial charge in [0, 0.05) is 6.04 Å². The molecule has 1 unspecified atom stereocenters. The first kappa shape index (κ1) is 15.0. The van der Waals surface area contributed by atoms with Gasteiger partial charge in [-0.25, -0.2) is 0 Å². The van der Waals surface area contributed by atoms with Crippen LogP contribution in [0.5, 0.6) is 5.75 Å². The van der Waals surface area contributed by atoms with E-state index in [0.29, 0.717) is 6.04 Å². The van der Waals surface area contributed by atoms with E-state index in [-0.39, 0.29) is 11.5 Å². The largest absolute Gasteiger partial charge is 0.491 e. The van der Waals surface area contributed by atoms with Crippen LogP contribution in [0.1, 0.15) is 52.6 Å². The summed E-state index contributed by atoms with van der Waals surface area (Å²) in [6, 6.07) is 8.76. The number of rotatable bonds is 6. The van der Waals surface area contributed by atoms with Gasteiger partial charge in [-0.05, 0) is 50.4 Å². The van der Waals surface area contributed by atoms with Crippen LogP contribution < -0.4 is 10.1 Å². The second-order valence-electron chi connectivity index (χ2n) is 5.80. The third-order valence-corrected chi connectivity index (χ3v) is 3.54. The third kappa shape index (κ3) is 3.74. The van der Waals surface area contributed by atoms with Crippen molar-refractivity contribution in [2.75, 3.05) is 7.05 Å². The van der Waals surface area contributed by atoms with Gasteiger partial charge in [0.05, 0.1) is 6.10 Å². The lowest BCUT2D eigenvalue weighted by Gasteiger charge is -2.34. The standard InChI is InChI=1S/C16H27NO/c1-7-16(4,5)15(17-6)13-9-8-10-14(11-13)18-12(2)3/h8-12,15,17H,7H2,1-6H3. The predicted octanol–water partition coefficient (Wildman–Crippen LogP) is 4.17. The lowest BCUT2D eigenvalue weighted by molar-refractivity contribution is 0.235. The zero-order valence-electron chi connectivity index (χ0n) is 12.6.